The highest BCUT2D eigenvalue weighted by molar-refractivity contribution is 5.81. The van der Waals surface area contributed by atoms with Gasteiger partial charge in [0, 0.05) is 32.7 Å². The van der Waals surface area contributed by atoms with Crippen LogP contribution >= 0.6 is 0 Å². The molecule has 2 fully saturated rings. The highest BCUT2D eigenvalue weighted by Gasteiger charge is 2.25. The molecule has 0 radical (unpaired) electrons. The Labute approximate surface area is 108 Å². The number of hydrogen-bond donors (Lipinski definition) is 2. The summed E-state index contributed by atoms with van der Waals surface area (Å²) >= 11 is 0. The van der Waals surface area contributed by atoms with Crippen LogP contribution in [0.3, 0.4) is 0 Å². The van der Waals surface area contributed by atoms with E-state index in [9.17, 15) is 0 Å². The van der Waals surface area contributed by atoms with Gasteiger partial charge in [-0.1, -0.05) is 5.16 Å². The van der Waals surface area contributed by atoms with E-state index in [0.717, 1.165) is 32.7 Å². The van der Waals surface area contributed by atoms with Crippen LogP contribution in [0.2, 0.25) is 0 Å². The number of nitrogens with two attached hydrogens (primary N) is 1. The van der Waals surface area contributed by atoms with E-state index < -0.39 is 0 Å². The van der Waals surface area contributed by atoms with E-state index in [4.69, 9.17) is 15.7 Å². The Kier molecular flexibility index (Phi) is 4.79. The molecule has 2 saturated heterocycles. The van der Waals surface area contributed by atoms with Crippen LogP contribution in [0.25, 0.3) is 0 Å². The fourth-order valence-electron chi connectivity index (χ4n) is 2.70. The van der Waals surface area contributed by atoms with Gasteiger partial charge in [-0.3, -0.25) is 9.80 Å². The Morgan fingerprint density at radius 1 is 1.28 bits per heavy atom. The summed E-state index contributed by atoms with van der Waals surface area (Å²) in [6, 6.07) is 0. The predicted molar refractivity (Wildman–Crippen MR) is 69.9 cm³/mol. The number of ether oxygens (including phenoxy) is 1. The van der Waals surface area contributed by atoms with E-state index >= 15 is 0 Å². The second-order valence-corrected chi connectivity index (χ2v) is 5.31. The average Bonchev–Trinajstić information content (AvgIpc) is 2.77. The maximum absolute atomic E-state index is 8.54. The number of oxime groups is 1. The van der Waals surface area contributed by atoms with Gasteiger partial charge in [-0.15, -0.1) is 0 Å². The largest absolute Gasteiger partial charge is 0.409 e. The molecule has 2 aliphatic heterocycles. The average molecular weight is 256 g/mol. The molecule has 0 aromatic rings. The molecule has 2 rings (SSSR count). The first-order valence-corrected chi connectivity index (χ1v) is 6.74. The molecule has 6 heteroatoms. The van der Waals surface area contributed by atoms with Crippen LogP contribution in [0.5, 0.6) is 0 Å². The van der Waals surface area contributed by atoms with E-state index in [1.807, 2.05) is 0 Å². The lowest BCUT2D eigenvalue weighted by atomic mass is 10.2. The van der Waals surface area contributed by atoms with Crippen LogP contribution < -0.4 is 5.73 Å². The zero-order valence-electron chi connectivity index (χ0n) is 11.1. The van der Waals surface area contributed by atoms with Crippen LogP contribution in [0.1, 0.15) is 19.8 Å². The molecule has 2 aliphatic rings. The quantitative estimate of drug-likeness (QED) is 0.318. The van der Waals surface area contributed by atoms with Crippen molar-refractivity contribution >= 4 is 5.84 Å². The Morgan fingerprint density at radius 3 is 2.50 bits per heavy atom. The van der Waals surface area contributed by atoms with Crippen LogP contribution in [-0.2, 0) is 4.74 Å². The molecule has 2 atom stereocenters. The van der Waals surface area contributed by atoms with Gasteiger partial charge in [0.05, 0.1) is 18.8 Å². The van der Waals surface area contributed by atoms with Crippen molar-refractivity contribution in [2.24, 2.45) is 10.9 Å². The van der Waals surface area contributed by atoms with Crippen molar-refractivity contribution in [3.63, 3.8) is 0 Å². The number of piperazine rings is 1. The van der Waals surface area contributed by atoms with Gasteiger partial charge in [0.1, 0.15) is 0 Å². The predicted octanol–water partition coefficient (Wildman–Crippen LogP) is -0.0821. The van der Waals surface area contributed by atoms with E-state index in [1.54, 1.807) is 0 Å². The summed E-state index contributed by atoms with van der Waals surface area (Å²) in [4.78, 5) is 4.66. The lowest BCUT2D eigenvalue weighted by Gasteiger charge is -2.35. The van der Waals surface area contributed by atoms with Crippen LogP contribution in [0.15, 0.2) is 5.16 Å². The second-order valence-electron chi connectivity index (χ2n) is 5.31. The monoisotopic (exact) mass is 256 g/mol. The lowest BCUT2D eigenvalue weighted by Crippen LogP contribution is -2.50. The maximum atomic E-state index is 8.54. The molecular formula is C12H24N4O2. The van der Waals surface area contributed by atoms with E-state index in [2.05, 4.69) is 21.9 Å². The number of hydrogen-bond acceptors (Lipinski definition) is 5. The minimum absolute atomic E-state index is 0.288. The first-order valence-electron chi connectivity index (χ1n) is 6.74. The van der Waals surface area contributed by atoms with Gasteiger partial charge in [0.25, 0.3) is 0 Å². The van der Waals surface area contributed by atoms with Crippen molar-refractivity contribution in [1.29, 1.82) is 0 Å². The summed E-state index contributed by atoms with van der Waals surface area (Å²) in [5.74, 6) is 0.288. The summed E-state index contributed by atoms with van der Waals surface area (Å²) in [5, 5.41) is 11.6. The van der Waals surface area contributed by atoms with Crippen molar-refractivity contribution in [2.75, 3.05) is 39.3 Å². The Balaban J connectivity index is 1.67. The van der Waals surface area contributed by atoms with Crippen LogP contribution in [-0.4, -0.2) is 72.3 Å². The lowest BCUT2D eigenvalue weighted by molar-refractivity contribution is 0.0206. The minimum Gasteiger partial charge on any atom is -0.409 e. The smallest absolute Gasteiger partial charge is 0.153 e. The summed E-state index contributed by atoms with van der Waals surface area (Å²) in [5.41, 5.74) is 5.51. The van der Waals surface area contributed by atoms with Gasteiger partial charge < -0.3 is 15.7 Å². The molecule has 18 heavy (non-hydrogen) atoms. The fourth-order valence-corrected chi connectivity index (χ4v) is 2.70. The Hall–Kier alpha value is -0.850. The first kappa shape index (κ1) is 13.6. The molecule has 0 aromatic carbocycles. The standard InChI is InChI=1S/C12H24N4O2/c1-10-2-3-11(18-10)8-15-4-6-16(7-5-15)9-12(13)14-17/h10-11,17H,2-9H2,1H3,(H2,13,14). The van der Waals surface area contributed by atoms with Crippen molar-refractivity contribution in [1.82, 2.24) is 9.80 Å². The SMILES string of the molecule is CC1CCC(CN2CCN(CC(N)=NO)CC2)O1. The van der Waals surface area contributed by atoms with Gasteiger partial charge in [-0.2, -0.15) is 0 Å². The minimum atomic E-state index is 0.288. The summed E-state index contributed by atoms with van der Waals surface area (Å²) < 4.78 is 5.85. The molecule has 104 valence electrons. The molecule has 0 bridgehead atoms. The zero-order valence-corrected chi connectivity index (χ0v) is 11.1. The van der Waals surface area contributed by atoms with Crippen molar-refractivity contribution in [2.45, 2.75) is 32.0 Å². The van der Waals surface area contributed by atoms with Crippen LogP contribution in [0.4, 0.5) is 0 Å². The maximum Gasteiger partial charge on any atom is 0.153 e. The highest BCUT2D eigenvalue weighted by atomic mass is 16.5. The molecule has 0 aliphatic carbocycles. The molecule has 2 unspecified atom stereocenters. The van der Waals surface area contributed by atoms with Gasteiger partial charge in [-0.05, 0) is 19.8 Å². The molecule has 6 nitrogen and oxygen atoms in total. The molecule has 3 N–H and O–H groups in total. The third-order valence-electron chi connectivity index (χ3n) is 3.76. The van der Waals surface area contributed by atoms with Crippen molar-refractivity contribution in [3.05, 3.63) is 0 Å². The molecule has 0 spiro atoms. The van der Waals surface area contributed by atoms with Gasteiger partial charge in [0.2, 0.25) is 0 Å². The number of rotatable bonds is 4. The number of amidine groups is 1. The third kappa shape index (κ3) is 3.83. The highest BCUT2D eigenvalue weighted by Crippen LogP contribution is 2.20. The molecule has 2 heterocycles. The van der Waals surface area contributed by atoms with Gasteiger partial charge in [-0.25, -0.2) is 0 Å². The molecule has 0 saturated carbocycles. The van der Waals surface area contributed by atoms with E-state index in [-0.39, 0.29) is 5.84 Å². The van der Waals surface area contributed by atoms with E-state index in [0.29, 0.717) is 18.8 Å². The first-order chi connectivity index (χ1) is 8.67. The second kappa shape index (κ2) is 6.36. The molecule has 0 aromatic heterocycles. The Bertz CT molecular complexity index is 290. The summed E-state index contributed by atoms with van der Waals surface area (Å²) in [6.07, 6.45) is 3.21. The summed E-state index contributed by atoms with van der Waals surface area (Å²) in [6.45, 7) is 7.76. The summed E-state index contributed by atoms with van der Waals surface area (Å²) in [7, 11) is 0. The van der Waals surface area contributed by atoms with Crippen LogP contribution in [0, 0.1) is 0 Å². The fraction of sp³-hybridized carbons (Fsp3) is 0.917. The zero-order chi connectivity index (χ0) is 13.0. The van der Waals surface area contributed by atoms with Crippen molar-refractivity contribution < 1.29 is 9.94 Å². The molecule has 0 amide bonds. The molecular weight excluding hydrogens is 232 g/mol. The normalized spacial score (nSPS) is 31.9. The van der Waals surface area contributed by atoms with Gasteiger partial charge in [0.15, 0.2) is 5.84 Å². The van der Waals surface area contributed by atoms with E-state index in [1.165, 1.54) is 12.8 Å². The Morgan fingerprint density at radius 2 is 1.94 bits per heavy atom. The van der Waals surface area contributed by atoms with Crippen molar-refractivity contribution in [3.8, 4) is 0 Å². The van der Waals surface area contributed by atoms with Gasteiger partial charge >= 0.3 is 0 Å². The third-order valence-corrected chi connectivity index (χ3v) is 3.76. The topological polar surface area (TPSA) is 74.3 Å². The number of nitrogens with zero attached hydrogens (tertiary/aromatic N) is 3.